The smallest absolute Gasteiger partial charge is 0.235 e. The first-order valence-electron chi connectivity index (χ1n) is 7.52. The van der Waals surface area contributed by atoms with Gasteiger partial charge in [0, 0.05) is 5.92 Å². The summed E-state index contributed by atoms with van der Waals surface area (Å²) in [7, 11) is 0. The summed E-state index contributed by atoms with van der Waals surface area (Å²) in [6.45, 7) is 3.18. The van der Waals surface area contributed by atoms with E-state index in [2.05, 4.69) is 5.32 Å². The van der Waals surface area contributed by atoms with Crippen molar-refractivity contribution in [2.45, 2.75) is 39.2 Å². The molecular formula is C17H21NO4. The lowest BCUT2D eigenvalue weighted by molar-refractivity contribution is -0.132. The van der Waals surface area contributed by atoms with Crippen LogP contribution in [0.15, 0.2) is 35.6 Å². The van der Waals surface area contributed by atoms with Gasteiger partial charge in [0.05, 0.1) is 17.7 Å². The third-order valence-corrected chi connectivity index (χ3v) is 4.12. The monoisotopic (exact) mass is 303 g/mol. The molecule has 0 saturated carbocycles. The number of carbonyl (C=O) groups excluding carboxylic acids is 3. The average molecular weight is 303 g/mol. The zero-order valence-electron chi connectivity index (χ0n) is 12.8. The number of allylic oxidation sites excluding steroid dienone is 5. The fraction of sp³-hybridized carbons (Fsp3) is 0.471. The molecule has 2 aliphatic rings. The van der Waals surface area contributed by atoms with Crippen LogP contribution >= 0.6 is 0 Å². The molecule has 2 bridgehead atoms. The van der Waals surface area contributed by atoms with E-state index in [0.29, 0.717) is 24.8 Å². The maximum absolute atomic E-state index is 12.4. The van der Waals surface area contributed by atoms with Gasteiger partial charge in [0.1, 0.15) is 0 Å². The molecule has 0 aromatic heterocycles. The summed E-state index contributed by atoms with van der Waals surface area (Å²) < 4.78 is 0. The summed E-state index contributed by atoms with van der Waals surface area (Å²) in [5, 5.41) is 12.4. The van der Waals surface area contributed by atoms with E-state index in [-0.39, 0.29) is 23.2 Å². The minimum absolute atomic E-state index is 0.109. The lowest BCUT2D eigenvalue weighted by Gasteiger charge is -2.25. The van der Waals surface area contributed by atoms with E-state index < -0.39 is 17.9 Å². The van der Waals surface area contributed by atoms with Crippen LogP contribution in [0.25, 0.3) is 0 Å². The van der Waals surface area contributed by atoms with Crippen molar-refractivity contribution >= 4 is 17.5 Å². The molecule has 1 aliphatic heterocycles. The van der Waals surface area contributed by atoms with Gasteiger partial charge in [-0.3, -0.25) is 14.4 Å². The number of hydrogen-bond acceptors (Lipinski definition) is 4. The summed E-state index contributed by atoms with van der Waals surface area (Å²) in [6.07, 6.45) is 7.63. The number of ketones is 2. The largest absolute Gasteiger partial charge is 0.389 e. The van der Waals surface area contributed by atoms with E-state index in [9.17, 15) is 19.5 Å². The Bertz CT molecular complexity index is 585. The highest BCUT2D eigenvalue weighted by Gasteiger charge is 2.32. The second-order valence-electron chi connectivity index (χ2n) is 5.87. The van der Waals surface area contributed by atoms with E-state index in [4.69, 9.17) is 0 Å². The highest BCUT2D eigenvalue weighted by atomic mass is 16.3. The highest BCUT2D eigenvalue weighted by Crippen LogP contribution is 2.25. The van der Waals surface area contributed by atoms with Crippen molar-refractivity contribution in [2.75, 3.05) is 0 Å². The van der Waals surface area contributed by atoms with Gasteiger partial charge in [0.15, 0.2) is 11.6 Å². The van der Waals surface area contributed by atoms with E-state index >= 15 is 0 Å². The predicted octanol–water partition coefficient (Wildman–Crippen LogP) is 1.44. The second kappa shape index (κ2) is 6.83. The van der Waals surface area contributed by atoms with Crippen molar-refractivity contribution in [2.24, 2.45) is 11.8 Å². The molecule has 2 rings (SSSR count). The van der Waals surface area contributed by atoms with Crippen molar-refractivity contribution in [3.8, 4) is 0 Å². The topological polar surface area (TPSA) is 83.5 Å². The van der Waals surface area contributed by atoms with Gasteiger partial charge in [0.25, 0.3) is 0 Å². The van der Waals surface area contributed by atoms with E-state index in [1.54, 1.807) is 19.1 Å². The molecule has 0 spiro atoms. The Morgan fingerprint density at radius 3 is 2.68 bits per heavy atom. The second-order valence-corrected chi connectivity index (χ2v) is 5.87. The summed E-state index contributed by atoms with van der Waals surface area (Å²) in [4.78, 5) is 36.7. The van der Waals surface area contributed by atoms with Crippen LogP contribution in [0.2, 0.25) is 0 Å². The van der Waals surface area contributed by atoms with Gasteiger partial charge < -0.3 is 10.4 Å². The molecule has 3 atom stereocenters. The standard InChI is InChI=1S/C17H21NO4/c1-10-6-4-3-5-7-12-8-13(19)9-14(16(12)21)18-17(22)11(2)15(10)20/h3-4,6,9,11-13,19H,5,7-8H2,1-2H3,(H,18,22). The Morgan fingerprint density at radius 1 is 1.23 bits per heavy atom. The molecule has 5 heteroatoms. The quantitative estimate of drug-likeness (QED) is 0.663. The Balaban J connectivity index is 2.33. The van der Waals surface area contributed by atoms with Crippen molar-refractivity contribution < 1.29 is 19.5 Å². The first-order valence-corrected chi connectivity index (χ1v) is 7.52. The number of hydrogen-bond donors (Lipinski definition) is 2. The van der Waals surface area contributed by atoms with Crippen LogP contribution in [0.4, 0.5) is 0 Å². The molecule has 1 heterocycles. The van der Waals surface area contributed by atoms with Crippen LogP contribution in [-0.4, -0.2) is 28.7 Å². The van der Waals surface area contributed by atoms with Crippen molar-refractivity contribution in [1.29, 1.82) is 0 Å². The Morgan fingerprint density at radius 2 is 1.95 bits per heavy atom. The number of fused-ring (bicyclic) bond motifs is 2. The van der Waals surface area contributed by atoms with Gasteiger partial charge in [-0.25, -0.2) is 0 Å². The lowest BCUT2D eigenvalue weighted by atomic mass is 9.85. The third-order valence-electron chi connectivity index (χ3n) is 4.12. The number of rotatable bonds is 0. The number of aliphatic hydroxyl groups is 1. The molecule has 22 heavy (non-hydrogen) atoms. The van der Waals surface area contributed by atoms with Crippen molar-refractivity contribution in [3.63, 3.8) is 0 Å². The summed E-state index contributed by atoms with van der Waals surface area (Å²) in [5.74, 6) is -2.15. The molecule has 2 N–H and O–H groups in total. The van der Waals surface area contributed by atoms with Gasteiger partial charge in [-0.05, 0) is 44.8 Å². The zero-order chi connectivity index (χ0) is 16.3. The third kappa shape index (κ3) is 3.60. The first kappa shape index (κ1) is 16.4. The van der Waals surface area contributed by atoms with Gasteiger partial charge in [-0.15, -0.1) is 0 Å². The molecule has 0 saturated heterocycles. The molecule has 1 amide bonds. The van der Waals surface area contributed by atoms with Crippen molar-refractivity contribution in [3.05, 3.63) is 35.6 Å². The molecule has 3 unspecified atom stereocenters. The molecule has 1 aliphatic carbocycles. The van der Waals surface area contributed by atoms with Crippen molar-refractivity contribution in [1.82, 2.24) is 5.32 Å². The number of carbonyl (C=O) groups is 3. The van der Waals surface area contributed by atoms with Gasteiger partial charge in [0.2, 0.25) is 5.91 Å². The van der Waals surface area contributed by atoms with Crippen LogP contribution in [0.5, 0.6) is 0 Å². The molecular weight excluding hydrogens is 282 g/mol. The SMILES string of the molecule is CC1=CC=CCCC2CC(O)C=C(NC(=O)C(C)C1=O)C2=O. The van der Waals surface area contributed by atoms with Gasteiger partial charge >= 0.3 is 0 Å². The maximum Gasteiger partial charge on any atom is 0.235 e. The van der Waals surface area contributed by atoms with Crippen LogP contribution in [0, 0.1) is 11.8 Å². The number of nitrogens with one attached hydrogen (secondary N) is 1. The summed E-state index contributed by atoms with van der Waals surface area (Å²) in [5.41, 5.74) is 0.611. The van der Waals surface area contributed by atoms with E-state index in [1.165, 1.54) is 13.0 Å². The van der Waals surface area contributed by atoms with Crippen LogP contribution < -0.4 is 5.32 Å². The Labute approximate surface area is 129 Å². The minimum Gasteiger partial charge on any atom is -0.389 e. The number of amides is 1. The van der Waals surface area contributed by atoms with Crippen LogP contribution in [0.3, 0.4) is 0 Å². The fourth-order valence-corrected chi connectivity index (χ4v) is 2.70. The van der Waals surface area contributed by atoms with E-state index in [0.717, 1.165) is 0 Å². The minimum atomic E-state index is -0.878. The zero-order valence-corrected chi connectivity index (χ0v) is 12.8. The predicted molar refractivity (Wildman–Crippen MR) is 81.6 cm³/mol. The van der Waals surface area contributed by atoms with Crippen LogP contribution in [0.1, 0.15) is 33.1 Å². The molecule has 0 fully saturated rings. The normalized spacial score (nSPS) is 30.5. The first-order chi connectivity index (χ1) is 10.4. The fourth-order valence-electron chi connectivity index (χ4n) is 2.70. The molecule has 0 aromatic rings. The Hall–Kier alpha value is -2.01. The number of Topliss-reactive ketones (excluding diaryl/α,β-unsaturated/α-hetero) is 2. The molecule has 0 aromatic carbocycles. The van der Waals surface area contributed by atoms with Crippen LogP contribution in [-0.2, 0) is 14.4 Å². The highest BCUT2D eigenvalue weighted by molar-refractivity contribution is 6.11. The molecule has 118 valence electrons. The van der Waals surface area contributed by atoms with Gasteiger partial charge in [-0.1, -0.05) is 18.2 Å². The van der Waals surface area contributed by atoms with E-state index in [1.807, 2.05) is 6.08 Å². The molecule has 5 nitrogen and oxygen atoms in total. The lowest BCUT2D eigenvalue weighted by Crippen LogP contribution is -2.40. The molecule has 0 radical (unpaired) electrons. The maximum atomic E-state index is 12.4. The number of aliphatic hydroxyl groups excluding tert-OH is 1. The Kier molecular flexibility index (Phi) is 5.08. The summed E-state index contributed by atoms with van der Waals surface area (Å²) >= 11 is 0. The average Bonchev–Trinajstić information content (AvgIpc) is 2.48. The summed E-state index contributed by atoms with van der Waals surface area (Å²) in [6, 6.07) is 0. The van der Waals surface area contributed by atoms with Gasteiger partial charge in [-0.2, -0.15) is 0 Å².